The first-order chi connectivity index (χ1) is 6.95. The fraction of sp³-hybridized carbons (Fsp3) is 1.00. The van der Waals surface area contributed by atoms with Crippen molar-refractivity contribution in [3.63, 3.8) is 0 Å². The second kappa shape index (κ2) is 8.15. The van der Waals surface area contributed by atoms with Crippen LogP contribution in [0.25, 0.3) is 0 Å². The zero-order valence-corrected chi connectivity index (χ0v) is 11.6. The Balaban J connectivity index is 3.99. The normalized spacial score (nSPS) is 14.2. The summed E-state index contributed by atoms with van der Waals surface area (Å²) >= 11 is 0. The van der Waals surface area contributed by atoms with E-state index in [1.165, 1.54) is 25.7 Å². The lowest BCUT2D eigenvalue weighted by atomic mass is 9.94. The van der Waals surface area contributed by atoms with Crippen LogP contribution in [-0.4, -0.2) is 12.1 Å². The Hall–Kier alpha value is -0.0400. The first kappa shape index (κ1) is 15.0. The summed E-state index contributed by atoms with van der Waals surface area (Å²) in [5.74, 6) is 1.60. The second-order valence-corrected chi connectivity index (χ2v) is 5.81. The highest BCUT2D eigenvalue weighted by Gasteiger charge is 2.14. The first-order valence-electron chi connectivity index (χ1n) is 6.71. The molecule has 0 spiro atoms. The van der Waals surface area contributed by atoms with Crippen LogP contribution in [0.5, 0.6) is 0 Å². The molecule has 0 aromatic heterocycles. The molecule has 0 saturated heterocycles. The SMILES string of the molecule is CCCC(C)NC(CC(C)C)CC(C)C. The van der Waals surface area contributed by atoms with E-state index in [1.807, 2.05) is 0 Å². The molecular formula is C14H31N. The van der Waals surface area contributed by atoms with E-state index in [2.05, 4.69) is 46.9 Å². The van der Waals surface area contributed by atoms with Crippen molar-refractivity contribution in [2.75, 3.05) is 0 Å². The Morgan fingerprint density at radius 3 is 1.67 bits per heavy atom. The van der Waals surface area contributed by atoms with Crippen molar-refractivity contribution in [2.45, 2.75) is 79.3 Å². The van der Waals surface area contributed by atoms with Crippen molar-refractivity contribution in [3.05, 3.63) is 0 Å². The summed E-state index contributed by atoms with van der Waals surface area (Å²) in [5, 5.41) is 3.78. The largest absolute Gasteiger partial charge is 0.311 e. The van der Waals surface area contributed by atoms with Crippen molar-refractivity contribution in [3.8, 4) is 0 Å². The van der Waals surface area contributed by atoms with E-state index in [0.717, 1.165) is 11.8 Å². The van der Waals surface area contributed by atoms with Gasteiger partial charge < -0.3 is 5.32 Å². The van der Waals surface area contributed by atoms with Gasteiger partial charge in [0.2, 0.25) is 0 Å². The van der Waals surface area contributed by atoms with E-state index in [0.29, 0.717) is 12.1 Å². The van der Waals surface area contributed by atoms with Crippen LogP contribution < -0.4 is 5.32 Å². The zero-order chi connectivity index (χ0) is 11.8. The van der Waals surface area contributed by atoms with Crippen LogP contribution in [0.3, 0.4) is 0 Å². The van der Waals surface area contributed by atoms with Gasteiger partial charge in [-0.25, -0.2) is 0 Å². The van der Waals surface area contributed by atoms with Crippen LogP contribution in [0.2, 0.25) is 0 Å². The number of nitrogens with one attached hydrogen (secondary N) is 1. The van der Waals surface area contributed by atoms with E-state index in [9.17, 15) is 0 Å². The van der Waals surface area contributed by atoms with Gasteiger partial charge >= 0.3 is 0 Å². The average molecular weight is 213 g/mol. The molecule has 0 fully saturated rings. The quantitative estimate of drug-likeness (QED) is 0.636. The molecule has 0 bridgehead atoms. The van der Waals surface area contributed by atoms with Crippen molar-refractivity contribution in [1.82, 2.24) is 5.32 Å². The minimum atomic E-state index is 0.678. The zero-order valence-electron chi connectivity index (χ0n) is 11.6. The fourth-order valence-electron chi connectivity index (χ4n) is 2.29. The molecule has 0 aromatic rings. The number of rotatable bonds is 8. The Morgan fingerprint density at radius 1 is 0.867 bits per heavy atom. The third kappa shape index (κ3) is 8.92. The van der Waals surface area contributed by atoms with Gasteiger partial charge in [-0.3, -0.25) is 0 Å². The molecular weight excluding hydrogens is 182 g/mol. The predicted molar refractivity (Wildman–Crippen MR) is 70.2 cm³/mol. The average Bonchev–Trinajstić information content (AvgIpc) is 2.00. The summed E-state index contributed by atoms with van der Waals surface area (Å²) in [4.78, 5) is 0. The molecule has 0 radical (unpaired) electrons. The molecule has 0 aromatic carbocycles. The van der Waals surface area contributed by atoms with Crippen molar-refractivity contribution in [2.24, 2.45) is 11.8 Å². The third-order valence-corrected chi connectivity index (χ3v) is 2.75. The molecule has 1 heteroatoms. The third-order valence-electron chi connectivity index (χ3n) is 2.75. The van der Waals surface area contributed by atoms with E-state index in [4.69, 9.17) is 0 Å². The molecule has 0 amide bonds. The number of hydrogen-bond donors (Lipinski definition) is 1. The maximum atomic E-state index is 3.78. The Bertz CT molecular complexity index is 130. The van der Waals surface area contributed by atoms with Gasteiger partial charge in [-0.1, -0.05) is 41.0 Å². The minimum Gasteiger partial charge on any atom is -0.311 e. The van der Waals surface area contributed by atoms with E-state index in [1.54, 1.807) is 0 Å². The Labute approximate surface area is 97.0 Å². The molecule has 1 N–H and O–H groups in total. The summed E-state index contributed by atoms with van der Waals surface area (Å²) in [6, 6.07) is 1.39. The van der Waals surface area contributed by atoms with E-state index < -0.39 is 0 Å². The van der Waals surface area contributed by atoms with Gasteiger partial charge in [0, 0.05) is 12.1 Å². The van der Waals surface area contributed by atoms with Gasteiger partial charge in [0.15, 0.2) is 0 Å². The van der Waals surface area contributed by atoms with Crippen LogP contribution in [0.15, 0.2) is 0 Å². The van der Waals surface area contributed by atoms with Gasteiger partial charge in [0.05, 0.1) is 0 Å². The van der Waals surface area contributed by atoms with Crippen molar-refractivity contribution < 1.29 is 0 Å². The summed E-state index contributed by atoms with van der Waals surface area (Å²) in [5.41, 5.74) is 0. The Kier molecular flexibility index (Phi) is 8.13. The molecule has 1 atom stereocenters. The molecule has 0 aliphatic carbocycles. The highest BCUT2D eigenvalue weighted by atomic mass is 14.9. The summed E-state index contributed by atoms with van der Waals surface area (Å²) in [6.45, 7) is 13.9. The lowest BCUT2D eigenvalue weighted by Gasteiger charge is -2.26. The second-order valence-electron chi connectivity index (χ2n) is 5.81. The molecule has 0 saturated carbocycles. The fourth-order valence-corrected chi connectivity index (χ4v) is 2.29. The number of hydrogen-bond acceptors (Lipinski definition) is 1. The molecule has 1 nitrogen and oxygen atoms in total. The van der Waals surface area contributed by atoms with Crippen LogP contribution in [0, 0.1) is 11.8 Å². The smallest absolute Gasteiger partial charge is 0.00744 e. The van der Waals surface area contributed by atoms with Crippen LogP contribution >= 0.6 is 0 Å². The standard InChI is InChI=1S/C14H31N/c1-7-8-13(6)15-14(9-11(2)3)10-12(4)5/h11-15H,7-10H2,1-6H3. The van der Waals surface area contributed by atoms with E-state index in [-0.39, 0.29) is 0 Å². The topological polar surface area (TPSA) is 12.0 Å². The molecule has 15 heavy (non-hydrogen) atoms. The Morgan fingerprint density at radius 2 is 1.33 bits per heavy atom. The van der Waals surface area contributed by atoms with Crippen molar-refractivity contribution in [1.29, 1.82) is 0 Å². The molecule has 1 unspecified atom stereocenters. The summed E-state index contributed by atoms with van der Waals surface area (Å²) in [6.07, 6.45) is 5.20. The monoisotopic (exact) mass is 213 g/mol. The van der Waals surface area contributed by atoms with Crippen LogP contribution in [-0.2, 0) is 0 Å². The minimum absolute atomic E-state index is 0.678. The maximum Gasteiger partial charge on any atom is 0.00744 e. The molecule has 0 heterocycles. The van der Waals surface area contributed by atoms with E-state index >= 15 is 0 Å². The van der Waals surface area contributed by atoms with Gasteiger partial charge in [-0.15, -0.1) is 0 Å². The summed E-state index contributed by atoms with van der Waals surface area (Å²) in [7, 11) is 0. The molecule has 92 valence electrons. The lowest BCUT2D eigenvalue weighted by Crippen LogP contribution is -2.38. The van der Waals surface area contributed by atoms with Crippen LogP contribution in [0.1, 0.15) is 67.2 Å². The molecule has 0 aliphatic heterocycles. The van der Waals surface area contributed by atoms with Gasteiger partial charge in [0.1, 0.15) is 0 Å². The van der Waals surface area contributed by atoms with Gasteiger partial charge in [0.25, 0.3) is 0 Å². The highest BCUT2D eigenvalue weighted by Crippen LogP contribution is 2.14. The van der Waals surface area contributed by atoms with Crippen LogP contribution in [0.4, 0.5) is 0 Å². The lowest BCUT2D eigenvalue weighted by molar-refractivity contribution is 0.325. The predicted octanol–water partition coefficient (Wildman–Crippen LogP) is 4.23. The summed E-state index contributed by atoms with van der Waals surface area (Å²) < 4.78 is 0. The van der Waals surface area contributed by atoms with Crippen molar-refractivity contribution >= 4 is 0 Å². The first-order valence-corrected chi connectivity index (χ1v) is 6.71. The highest BCUT2D eigenvalue weighted by molar-refractivity contribution is 4.74. The van der Waals surface area contributed by atoms with Gasteiger partial charge in [-0.05, 0) is 38.0 Å². The molecule has 0 aliphatic rings. The molecule has 0 rings (SSSR count). The van der Waals surface area contributed by atoms with Gasteiger partial charge in [-0.2, -0.15) is 0 Å². The maximum absolute atomic E-state index is 3.78.